The van der Waals surface area contributed by atoms with Crippen molar-refractivity contribution < 1.29 is 9.90 Å². The molecule has 4 nitrogen and oxygen atoms in total. The number of carbonyl (C=O) groups excluding carboxylic acids is 1. The van der Waals surface area contributed by atoms with Gasteiger partial charge in [0, 0.05) is 12.6 Å². The van der Waals surface area contributed by atoms with Gasteiger partial charge in [0.15, 0.2) is 0 Å². The van der Waals surface area contributed by atoms with E-state index in [1.54, 1.807) is 12.1 Å². The molecule has 1 fully saturated rings. The summed E-state index contributed by atoms with van der Waals surface area (Å²) in [4.78, 5) is 12.0. The molecule has 1 aromatic carbocycles. The first kappa shape index (κ1) is 13.9. The van der Waals surface area contributed by atoms with Crippen LogP contribution in [0.3, 0.4) is 0 Å². The Morgan fingerprint density at radius 3 is 2.84 bits per heavy atom. The van der Waals surface area contributed by atoms with Gasteiger partial charge >= 0.3 is 0 Å². The van der Waals surface area contributed by atoms with Crippen LogP contribution in [0, 0.1) is 12.8 Å². The Morgan fingerprint density at radius 1 is 1.42 bits per heavy atom. The highest BCUT2D eigenvalue weighted by atomic mass is 16.3. The second kappa shape index (κ2) is 6.06. The molecule has 1 saturated carbocycles. The first-order chi connectivity index (χ1) is 9.08. The van der Waals surface area contributed by atoms with Crippen molar-refractivity contribution in [3.8, 4) is 5.75 Å². The van der Waals surface area contributed by atoms with Gasteiger partial charge in [0.1, 0.15) is 5.75 Å². The normalized spacial score (nSPS) is 23.1. The molecule has 2 unspecified atom stereocenters. The number of aryl methyl sites for hydroxylation is 1. The van der Waals surface area contributed by atoms with Crippen molar-refractivity contribution in [1.82, 2.24) is 5.32 Å². The lowest BCUT2D eigenvalue weighted by Crippen LogP contribution is -2.41. The van der Waals surface area contributed by atoms with E-state index < -0.39 is 0 Å². The molecule has 104 valence electrons. The lowest BCUT2D eigenvalue weighted by atomic mass is 9.85. The molecule has 2 atom stereocenters. The zero-order valence-corrected chi connectivity index (χ0v) is 11.4. The van der Waals surface area contributed by atoms with Crippen LogP contribution in [-0.2, 0) is 0 Å². The molecule has 4 heteroatoms. The Kier molecular flexibility index (Phi) is 4.43. The monoisotopic (exact) mass is 262 g/mol. The highest BCUT2D eigenvalue weighted by Gasteiger charge is 2.22. The Bertz CT molecular complexity index is 459. The highest BCUT2D eigenvalue weighted by Crippen LogP contribution is 2.23. The summed E-state index contributed by atoms with van der Waals surface area (Å²) in [6.45, 7) is 2.47. The van der Waals surface area contributed by atoms with Crippen molar-refractivity contribution in [3.05, 3.63) is 29.3 Å². The summed E-state index contributed by atoms with van der Waals surface area (Å²) in [7, 11) is 0. The second-order valence-corrected chi connectivity index (χ2v) is 5.44. The standard InChI is InChI=1S/C15H22N2O2/c1-10-6-7-12(14(18)8-10)15(19)17-9-11-4-2-3-5-13(11)16/h6-8,11,13,18H,2-5,9,16H2,1H3,(H,17,19). The number of phenols is 1. The first-order valence-electron chi connectivity index (χ1n) is 6.91. The maximum atomic E-state index is 12.0. The largest absolute Gasteiger partial charge is 0.507 e. The molecule has 19 heavy (non-hydrogen) atoms. The molecule has 1 amide bonds. The molecule has 0 aliphatic heterocycles. The van der Waals surface area contributed by atoms with E-state index in [2.05, 4.69) is 5.32 Å². The topological polar surface area (TPSA) is 75.4 Å². The van der Waals surface area contributed by atoms with E-state index in [4.69, 9.17) is 5.73 Å². The smallest absolute Gasteiger partial charge is 0.255 e. The average Bonchev–Trinajstić information content (AvgIpc) is 2.37. The molecule has 0 heterocycles. The average molecular weight is 262 g/mol. The van der Waals surface area contributed by atoms with Crippen LogP contribution in [0.2, 0.25) is 0 Å². The summed E-state index contributed by atoms with van der Waals surface area (Å²) in [6, 6.07) is 5.25. The molecule has 1 aromatic rings. The maximum absolute atomic E-state index is 12.0. The highest BCUT2D eigenvalue weighted by molar-refractivity contribution is 5.96. The molecule has 0 bridgehead atoms. The summed E-state index contributed by atoms with van der Waals surface area (Å²) in [5.74, 6) is 0.158. The van der Waals surface area contributed by atoms with Gasteiger partial charge in [-0.1, -0.05) is 18.9 Å². The van der Waals surface area contributed by atoms with Gasteiger partial charge in [-0.2, -0.15) is 0 Å². The summed E-state index contributed by atoms with van der Waals surface area (Å²) >= 11 is 0. The predicted molar refractivity (Wildman–Crippen MR) is 75.1 cm³/mol. The van der Waals surface area contributed by atoms with Gasteiger partial charge in [0.05, 0.1) is 5.56 Å². The van der Waals surface area contributed by atoms with E-state index in [-0.39, 0.29) is 17.7 Å². The van der Waals surface area contributed by atoms with Gasteiger partial charge in [-0.25, -0.2) is 0 Å². The maximum Gasteiger partial charge on any atom is 0.255 e. The Labute approximate surface area is 114 Å². The quantitative estimate of drug-likeness (QED) is 0.779. The van der Waals surface area contributed by atoms with Crippen molar-refractivity contribution in [2.45, 2.75) is 38.6 Å². The Morgan fingerprint density at radius 2 is 2.16 bits per heavy atom. The number of benzene rings is 1. The predicted octanol–water partition coefficient (Wildman–Crippen LogP) is 1.95. The minimum atomic E-state index is -0.227. The molecule has 4 N–H and O–H groups in total. The third-order valence-electron chi connectivity index (χ3n) is 3.89. The van der Waals surface area contributed by atoms with E-state index in [1.807, 2.05) is 13.0 Å². The number of aromatic hydroxyl groups is 1. The van der Waals surface area contributed by atoms with Gasteiger partial charge in [-0.05, 0) is 43.4 Å². The van der Waals surface area contributed by atoms with Crippen LogP contribution in [0.1, 0.15) is 41.6 Å². The van der Waals surface area contributed by atoms with Crippen molar-refractivity contribution >= 4 is 5.91 Å². The lowest BCUT2D eigenvalue weighted by molar-refractivity contribution is 0.0938. The van der Waals surface area contributed by atoms with Crippen LogP contribution >= 0.6 is 0 Å². The van der Waals surface area contributed by atoms with Gasteiger partial charge in [-0.3, -0.25) is 4.79 Å². The third-order valence-corrected chi connectivity index (χ3v) is 3.89. The molecule has 0 aromatic heterocycles. The summed E-state index contributed by atoms with van der Waals surface area (Å²) in [6.07, 6.45) is 4.48. The fourth-order valence-electron chi connectivity index (χ4n) is 2.64. The van der Waals surface area contributed by atoms with Crippen molar-refractivity contribution in [1.29, 1.82) is 0 Å². The number of carbonyl (C=O) groups is 1. The van der Waals surface area contributed by atoms with E-state index in [0.29, 0.717) is 18.0 Å². The summed E-state index contributed by atoms with van der Waals surface area (Å²) in [5, 5.41) is 12.6. The van der Waals surface area contributed by atoms with Crippen LogP contribution < -0.4 is 11.1 Å². The van der Waals surface area contributed by atoms with Crippen molar-refractivity contribution in [3.63, 3.8) is 0 Å². The van der Waals surface area contributed by atoms with Crippen LogP contribution in [0.5, 0.6) is 5.75 Å². The molecular weight excluding hydrogens is 240 g/mol. The van der Waals surface area contributed by atoms with Crippen molar-refractivity contribution in [2.24, 2.45) is 11.7 Å². The van der Waals surface area contributed by atoms with Crippen LogP contribution in [0.25, 0.3) is 0 Å². The number of hydrogen-bond acceptors (Lipinski definition) is 3. The Hall–Kier alpha value is -1.55. The number of nitrogens with two attached hydrogens (primary N) is 1. The van der Waals surface area contributed by atoms with E-state index in [0.717, 1.165) is 18.4 Å². The summed E-state index contributed by atoms with van der Waals surface area (Å²) in [5.41, 5.74) is 7.32. The van der Waals surface area contributed by atoms with E-state index >= 15 is 0 Å². The number of rotatable bonds is 3. The zero-order valence-electron chi connectivity index (χ0n) is 11.4. The van der Waals surface area contributed by atoms with Crippen LogP contribution in [0.15, 0.2) is 18.2 Å². The van der Waals surface area contributed by atoms with Gasteiger partial charge in [-0.15, -0.1) is 0 Å². The molecule has 0 spiro atoms. The van der Waals surface area contributed by atoms with Gasteiger partial charge in [0.2, 0.25) is 0 Å². The van der Waals surface area contributed by atoms with E-state index in [1.165, 1.54) is 12.8 Å². The fourth-order valence-corrected chi connectivity index (χ4v) is 2.64. The number of hydrogen-bond donors (Lipinski definition) is 3. The van der Waals surface area contributed by atoms with Crippen LogP contribution in [0.4, 0.5) is 0 Å². The second-order valence-electron chi connectivity index (χ2n) is 5.44. The number of phenolic OH excluding ortho intramolecular Hbond substituents is 1. The molecule has 1 aliphatic rings. The van der Waals surface area contributed by atoms with Crippen LogP contribution in [-0.4, -0.2) is 23.6 Å². The summed E-state index contributed by atoms with van der Waals surface area (Å²) < 4.78 is 0. The molecular formula is C15H22N2O2. The lowest BCUT2D eigenvalue weighted by Gasteiger charge is -2.28. The number of amides is 1. The zero-order chi connectivity index (χ0) is 13.8. The molecule has 0 radical (unpaired) electrons. The van der Waals surface area contributed by atoms with Gasteiger partial charge in [0.25, 0.3) is 5.91 Å². The molecule has 1 aliphatic carbocycles. The van der Waals surface area contributed by atoms with Crippen molar-refractivity contribution in [2.75, 3.05) is 6.54 Å². The minimum absolute atomic E-state index is 0.0328. The fraction of sp³-hybridized carbons (Fsp3) is 0.533. The molecule has 0 saturated heterocycles. The SMILES string of the molecule is Cc1ccc(C(=O)NCC2CCCCC2N)c(O)c1. The third kappa shape index (κ3) is 3.47. The molecule has 2 rings (SSSR count). The Balaban J connectivity index is 1.93. The van der Waals surface area contributed by atoms with Gasteiger partial charge < -0.3 is 16.2 Å². The minimum Gasteiger partial charge on any atom is -0.507 e. The first-order valence-corrected chi connectivity index (χ1v) is 6.91. The van der Waals surface area contributed by atoms with E-state index in [9.17, 15) is 9.90 Å². The number of nitrogens with one attached hydrogen (secondary N) is 1.